The van der Waals surface area contributed by atoms with Gasteiger partial charge in [0.2, 0.25) is 0 Å². The van der Waals surface area contributed by atoms with Gasteiger partial charge in [-0.05, 0) is 25.2 Å². The van der Waals surface area contributed by atoms with Gasteiger partial charge in [-0.15, -0.1) is 0 Å². The minimum Gasteiger partial charge on any atom is -0.479 e. The number of carbonyl (C=O) groups excluding carboxylic acids is 1. The van der Waals surface area contributed by atoms with Gasteiger partial charge >= 0.3 is 12.0 Å². The van der Waals surface area contributed by atoms with Crippen LogP contribution in [0, 0.1) is 5.92 Å². The van der Waals surface area contributed by atoms with Gasteiger partial charge in [0.25, 0.3) is 0 Å². The SMILES string of the molecule is O=C(NCCC(O)C(=O)O)NCC1CC=CCC1. The Morgan fingerprint density at radius 2 is 2.11 bits per heavy atom. The zero-order chi connectivity index (χ0) is 13.4. The van der Waals surface area contributed by atoms with Gasteiger partial charge < -0.3 is 20.8 Å². The topological polar surface area (TPSA) is 98.7 Å². The third kappa shape index (κ3) is 5.67. The van der Waals surface area contributed by atoms with E-state index in [-0.39, 0.29) is 19.0 Å². The molecule has 102 valence electrons. The number of rotatable bonds is 6. The first kappa shape index (κ1) is 14.5. The number of amides is 2. The van der Waals surface area contributed by atoms with Gasteiger partial charge in [0.05, 0.1) is 0 Å². The molecular weight excluding hydrogens is 236 g/mol. The van der Waals surface area contributed by atoms with Gasteiger partial charge in [0.1, 0.15) is 0 Å². The number of carboxylic acids is 1. The normalized spacial score (nSPS) is 20.2. The fourth-order valence-corrected chi connectivity index (χ4v) is 1.79. The predicted octanol–water partition coefficient (Wildman–Crippen LogP) is 0.477. The van der Waals surface area contributed by atoms with Crippen molar-refractivity contribution < 1.29 is 19.8 Å². The van der Waals surface area contributed by atoms with Crippen LogP contribution >= 0.6 is 0 Å². The Kier molecular flexibility index (Phi) is 6.21. The van der Waals surface area contributed by atoms with Crippen LogP contribution in [-0.4, -0.2) is 41.4 Å². The van der Waals surface area contributed by atoms with Crippen molar-refractivity contribution in [1.29, 1.82) is 0 Å². The highest BCUT2D eigenvalue weighted by Gasteiger charge is 2.14. The van der Waals surface area contributed by atoms with Crippen molar-refractivity contribution in [1.82, 2.24) is 10.6 Å². The molecule has 0 aliphatic heterocycles. The number of urea groups is 1. The molecule has 6 nitrogen and oxygen atoms in total. The van der Waals surface area contributed by atoms with Gasteiger partial charge in [-0.1, -0.05) is 12.2 Å². The van der Waals surface area contributed by atoms with Crippen molar-refractivity contribution in [2.75, 3.05) is 13.1 Å². The maximum atomic E-state index is 11.4. The maximum absolute atomic E-state index is 11.4. The summed E-state index contributed by atoms with van der Waals surface area (Å²) in [6, 6.07) is -0.317. The molecule has 2 amide bonds. The Balaban J connectivity index is 2.06. The van der Waals surface area contributed by atoms with E-state index < -0.39 is 12.1 Å². The highest BCUT2D eigenvalue weighted by atomic mass is 16.4. The van der Waals surface area contributed by atoms with Gasteiger partial charge in [-0.2, -0.15) is 0 Å². The van der Waals surface area contributed by atoms with Crippen LogP contribution in [0.1, 0.15) is 25.7 Å². The first-order valence-corrected chi connectivity index (χ1v) is 6.17. The number of aliphatic carboxylic acids is 1. The van der Waals surface area contributed by atoms with Crippen molar-refractivity contribution in [3.63, 3.8) is 0 Å². The zero-order valence-electron chi connectivity index (χ0n) is 10.3. The van der Waals surface area contributed by atoms with E-state index in [0.717, 1.165) is 19.3 Å². The third-order valence-corrected chi connectivity index (χ3v) is 2.92. The second-order valence-corrected chi connectivity index (χ2v) is 4.43. The molecule has 0 saturated carbocycles. The van der Waals surface area contributed by atoms with E-state index in [1.807, 2.05) is 0 Å². The fraction of sp³-hybridized carbons (Fsp3) is 0.667. The molecule has 0 aromatic rings. The standard InChI is InChI=1S/C12H20N2O4/c15-10(11(16)17)6-7-13-12(18)14-8-9-4-2-1-3-5-9/h1-2,9-10,15H,3-8H2,(H,16,17)(H2,13,14,18). The van der Waals surface area contributed by atoms with Crippen LogP contribution < -0.4 is 10.6 Å². The summed E-state index contributed by atoms with van der Waals surface area (Å²) in [4.78, 5) is 21.7. The number of hydrogen-bond donors (Lipinski definition) is 4. The molecule has 18 heavy (non-hydrogen) atoms. The quantitative estimate of drug-likeness (QED) is 0.519. The lowest BCUT2D eigenvalue weighted by Gasteiger charge is -2.18. The summed E-state index contributed by atoms with van der Waals surface area (Å²) in [6.45, 7) is 0.765. The molecule has 4 N–H and O–H groups in total. The summed E-state index contributed by atoms with van der Waals surface area (Å²) in [5.41, 5.74) is 0. The summed E-state index contributed by atoms with van der Waals surface area (Å²) >= 11 is 0. The predicted molar refractivity (Wildman–Crippen MR) is 66.1 cm³/mol. The summed E-state index contributed by atoms with van der Waals surface area (Å²) in [6.07, 6.45) is 5.97. The summed E-state index contributed by atoms with van der Waals surface area (Å²) in [5.74, 6) is -0.795. The highest BCUT2D eigenvalue weighted by Crippen LogP contribution is 2.16. The minimum atomic E-state index is -1.42. The van der Waals surface area contributed by atoms with Crippen molar-refractivity contribution in [3.05, 3.63) is 12.2 Å². The molecule has 0 saturated heterocycles. The average molecular weight is 256 g/mol. The second kappa shape index (κ2) is 7.71. The smallest absolute Gasteiger partial charge is 0.332 e. The Morgan fingerprint density at radius 1 is 1.33 bits per heavy atom. The first-order chi connectivity index (χ1) is 8.59. The number of carboxylic acid groups (broad SMARTS) is 1. The monoisotopic (exact) mass is 256 g/mol. The lowest BCUT2D eigenvalue weighted by molar-refractivity contribution is -0.146. The highest BCUT2D eigenvalue weighted by molar-refractivity contribution is 5.74. The molecule has 1 aliphatic carbocycles. The van der Waals surface area contributed by atoms with Crippen molar-refractivity contribution in [3.8, 4) is 0 Å². The van der Waals surface area contributed by atoms with Crippen LogP contribution in [0.2, 0.25) is 0 Å². The number of aliphatic hydroxyl groups excluding tert-OH is 1. The maximum Gasteiger partial charge on any atom is 0.332 e. The molecule has 0 aromatic carbocycles. The molecule has 0 aromatic heterocycles. The Hall–Kier alpha value is -1.56. The Morgan fingerprint density at radius 3 is 2.72 bits per heavy atom. The molecule has 2 atom stereocenters. The average Bonchev–Trinajstić information content (AvgIpc) is 2.37. The Labute approximate surface area is 106 Å². The zero-order valence-corrected chi connectivity index (χ0v) is 10.3. The lowest BCUT2D eigenvalue weighted by atomic mass is 9.94. The fourth-order valence-electron chi connectivity index (χ4n) is 1.79. The molecule has 6 heteroatoms. The largest absolute Gasteiger partial charge is 0.479 e. The number of aliphatic hydroxyl groups is 1. The number of allylic oxidation sites excluding steroid dienone is 2. The van der Waals surface area contributed by atoms with Gasteiger partial charge in [0.15, 0.2) is 6.10 Å². The van der Waals surface area contributed by atoms with Crippen LogP contribution in [0.3, 0.4) is 0 Å². The van der Waals surface area contributed by atoms with Crippen LogP contribution in [-0.2, 0) is 4.79 Å². The molecule has 2 unspecified atom stereocenters. The Bertz CT molecular complexity index is 317. The molecule has 0 fully saturated rings. The van der Waals surface area contributed by atoms with Crippen molar-refractivity contribution >= 4 is 12.0 Å². The van der Waals surface area contributed by atoms with E-state index in [0.29, 0.717) is 12.5 Å². The van der Waals surface area contributed by atoms with E-state index >= 15 is 0 Å². The van der Waals surface area contributed by atoms with Gasteiger partial charge in [-0.25, -0.2) is 9.59 Å². The summed E-state index contributed by atoms with van der Waals surface area (Å²) in [5, 5.41) is 22.7. The van der Waals surface area contributed by atoms with E-state index in [9.17, 15) is 9.59 Å². The van der Waals surface area contributed by atoms with Crippen LogP contribution in [0.5, 0.6) is 0 Å². The van der Waals surface area contributed by atoms with E-state index in [4.69, 9.17) is 10.2 Å². The first-order valence-electron chi connectivity index (χ1n) is 6.17. The molecule has 0 bridgehead atoms. The molecular formula is C12H20N2O4. The third-order valence-electron chi connectivity index (χ3n) is 2.92. The molecule has 1 aliphatic rings. The summed E-state index contributed by atoms with van der Waals surface area (Å²) < 4.78 is 0. The molecule has 1 rings (SSSR count). The number of carbonyl (C=O) groups is 2. The molecule has 0 radical (unpaired) electrons. The van der Waals surface area contributed by atoms with E-state index in [1.165, 1.54) is 0 Å². The lowest BCUT2D eigenvalue weighted by Crippen LogP contribution is -2.40. The minimum absolute atomic E-state index is 0.00885. The van der Waals surface area contributed by atoms with E-state index in [1.54, 1.807) is 0 Å². The molecule has 0 spiro atoms. The number of nitrogens with one attached hydrogen (secondary N) is 2. The second-order valence-electron chi connectivity index (χ2n) is 4.43. The summed E-state index contributed by atoms with van der Waals surface area (Å²) in [7, 11) is 0. The van der Waals surface area contributed by atoms with E-state index in [2.05, 4.69) is 22.8 Å². The van der Waals surface area contributed by atoms with Crippen LogP contribution in [0.25, 0.3) is 0 Å². The van der Waals surface area contributed by atoms with Crippen molar-refractivity contribution in [2.24, 2.45) is 5.92 Å². The van der Waals surface area contributed by atoms with Crippen LogP contribution in [0.4, 0.5) is 4.79 Å². The molecule has 0 heterocycles. The van der Waals surface area contributed by atoms with Gasteiger partial charge in [0, 0.05) is 19.5 Å². The van der Waals surface area contributed by atoms with Crippen molar-refractivity contribution in [2.45, 2.75) is 31.8 Å². The van der Waals surface area contributed by atoms with Crippen LogP contribution in [0.15, 0.2) is 12.2 Å². The number of hydrogen-bond acceptors (Lipinski definition) is 3. The van der Waals surface area contributed by atoms with Gasteiger partial charge in [-0.3, -0.25) is 0 Å².